The fraction of sp³-hybridized carbons (Fsp3) is 0.250. The van der Waals surface area contributed by atoms with Gasteiger partial charge in [-0.25, -0.2) is 0 Å². The van der Waals surface area contributed by atoms with Crippen LogP contribution in [0.1, 0.15) is 25.0 Å². The predicted octanol–water partition coefficient (Wildman–Crippen LogP) is 2.90. The summed E-state index contributed by atoms with van der Waals surface area (Å²) in [6.07, 6.45) is 1.65. The van der Waals surface area contributed by atoms with Crippen molar-refractivity contribution < 1.29 is 9.72 Å². The Bertz CT molecular complexity index is 475. The molecule has 0 aliphatic carbocycles. The van der Waals surface area contributed by atoms with Crippen LogP contribution in [0, 0.1) is 17.0 Å². The van der Waals surface area contributed by atoms with Gasteiger partial charge in [-0.05, 0) is 38.0 Å². The number of nitrogens with zero attached hydrogens (tertiary/aromatic N) is 1. The summed E-state index contributed by atoms with van der Waals surface area (Å²) in [7, 11) is 0. The predicted molar refractivity (Wildman–Crippen MR) is 62.2 cm³/mol. The van der Waals surface area contributed by atoms with Crippen LogP contribution >= 0.6 is 0 Å². The molecule has 0 atom stereocenters. The lowest BCUT2D eigenvalue weighted by Gasteiger charge is -2.00. The maximum absolute atomic E-state index is 11.0. The van der Waals surface area contributed by atoms with Crippen LogP contribution in [-0.2, 0) is 4.79 Å². The van der Waals surface area contributed by atoms with Gasteiger partial charge >= 0.3 is 0 Å². The second-order valence-corrected chi connectivity index (χ2v) is 3.69. The van der Waals surface area contributed by atoms with Gasteiger partial charge in [0.15, 0.2) is 5.78 Å². The Morgan fingerprint density at radius 1 is 1.38 bits per heavy atom. The monoisotopic (exact) mass is 219 g/mol. The molecule has 84 valence electrons. The molecule has 0 fully saturated rings. The summed E-state index contributed by atoms with van der Waals surface area (Å²) in [4.78, 5) is 21.3. The minimum atomic E-state index is -0.421. The number of Topliss-reactive ketones (excluding diaryl/α,β-unsaturated/α-hetero) is 1. The van der Waals surface area contributed by atoms with Crippen molar-refractivity contribution in [3.8, 4) is 0 Å². The SMILES string of the molecule is CC(=O)/C(C)=C/c1ccc(C)c([N+](=O)[O-])c1. The molecule has 0 aliphatic rings. The summed E-state index contributed by atoms with van der Waals surface area (Å²) in [6.45, 7) is 4.84. The van der Waals surface area contributed by atoms with E-state index in [0.29, 0.717) is 16.7 Å². The Morgan fingerprint density at radius 2 is 2.00 bits per heavy atom. The van der Waals surface area contributed by atoms with Crippen molar-refractivity contribution in [3.05, 3.63) is 45.0 Å². The van der Waals surface area contributed by atoms with Crippen LogP contribution in [0.3, 0.4) is 0 Å². The van der Waals surface area contributed by atoms with Gasteiger partial charge in [-0.15, -0.1) is 0 Å². The number of carbonyl (C=O) groups is 1. The summed E-state index contributed by atoms with van der Waals surface area (Å²) in [5.74, 6) is -0.0387. The molecular weight excluding hydrogens is 206 g/mol. The highest BCUT2D eigenvalue weighted by atomic mass is 16.6. The van der Waals surface area contributed by atoms with Crippen molar-refractivity contribution in [3.63, 3.8) is 0 Å². The molecule has 1 rings (SSSR count). The van der Waals surface area contributed by atoms with Crippen LogP contribution in [0.15, 0.2) is 23.8 Å². The standard InChI is InChI=1S/C12H13NO3/c1-8-4-5-11(6-9(2)10(3)14)7-12(8)13(15)16/h4-7H,1-3H3/b9-6+. The summed E-state index contributed by atoms with van der Waals surface area (Å²) in [5, 5.41) is 10.7. The number of aryl methyl sites for hydroxylation is 1. The zero-order chi connectivity index (χ0) is 12.3. The lowest BCUT2D eigenvalue weighted by atomic mass is 10.1. The van der Waals surface area contributed by atoms with E-state index in [9.17, 15) is 14.9 Å². The number of hydrogen-bond acceptors (Lipinski definition) is 3. The fourth-order valence-electron chi connectivity index (χ4n) is 1.26. The number of nitro benzene ring substituents is 1. The second kappa shape index (κ2) is 4.70. The summed E-state index contributed by atoms with van der Waals surface area (Å²) in [5.41, 5.74) is 1.94. The molecule has 0 radical (unpaired) electrons. The average Bonchev–Trinajstić information content (AvgIpc) is 2.20. The Kier molecular flexibility index (Phi) is 3.55. The van der Waals surface area contributed by atoms with Gasteiger partial charge in [-0.2, -0.15) is 0 Å². The largest absolute Gasteiger partial charge is 0.295 e. The zero-order valence-corrected chi connectivity index (χ0v) is 9.48. The van der Waals surface area contributed by atoms with E-state index in [2.05, 4.69) is 0 Å². The number of nitro groups is 1. The van der Waals surface area contributed by atoms with Gasteiger partial charge in [0, 0.05) is 11.6 Å². The molecule has 0 bridgehead atoms. The molecule has 0 aliphatic heterocycles. The number of ketones is 1. The van der Waals surface area contributed by atoms with Crippen LogP contribution in [0.25, 0.3) is 6.08 Å². The van der Waals surface area contributed by atoms with E-state index in [1.807, 2.05) is 0 Å². The molecule has 0 saturated carbocycles. The minimum Gasteiger partial charge on any atom is -0.295 e. The van der Waals surface area contributed by atoms with Crippen molar-refractivity contribution in [2.75, 3.05) is 0 Å². The van der Waals surface area contributed by atoms with Crippen LogP contribution < -0.4 is 0 Å². The highest BCUT2D eigenvalue weighted by Gasteiger charge is 2.10. The Labute approximate surface area is 93.7 Å². The summed E-state index contributed by atoms with van der Waals surface area (Å²) < 4.78 is 0. The van der Waals surface area contributed by atoms with Gasteiger partial charge in [0.1, 0.15) is 0 Å². The number of allylic oxidation sites excluding steroid dienone is 1. The highest BCUT2D eigenvalue weighted by molar-refractivity contribution is 5.97. The number of carbonyl (C=O) groups excluding carboxylic acids is 1. The second-order valence-electron chi connectivity index (χ2n) is 3.69. The van der Waals surface area contributed by atoms with E-state index >= 15 is 0 Å². The molecule has 1 aromatic carbocycles. The van der Waals surface area contributed by atoms with Crippen molar-refractivity contribution in [1.29, 1.82) is 0 Å². The maximum Gasteiger partial charge on any atom is 0.272 e. The topological polar surface area (TPSA) is 60.2 Å². The molecule has 0 spiro atoms. The lowest BCUT2D eigenvalue weighted by Crippen LogP contribution is -1.94. The molecule has 4 heteroatoms. The molecule has 16 heavy (non-hydrogen) atoms. The lowest BCUT2D eigenvalue weighted by molar-refractivity contribution is -0.385. The molecule has 0 saturated heterocycles. The Hall–Kier alpha value is -1.97. The van der Waals surface area contributed by atoms with Crippen LogP contribution in [-0.4, -0.2) is 10.7 Å². The first-order chi connectivity index (χ1) is 7.41. The zero-order valence-electron chi connectivity index (χ0n) is 9.48. The first-order valence-corrected chi connectivity index (χ1v) is 4.86. The molecule has 0 amide bonds. The Balaban J connectivity index is 3.18. The van der Waals surface area contributed by atoms with E-state index in [-0.39, 0.29) is 11.5 Å². The van der Waals surface area contributed by atoms with Crippen LogP contribution in [0.4, 0.5) is 5.69 Å². The third-order valence-corrected chi connectivity index (χ3v) is 2.37. The first kappa shape index (κ1) is 12.1. The van der Waals surface area contributed by atoms with Crippen molar-refractivity contribution in [1.82, 2.24) is 0 Å². The third kappa shape index (κ3) is 2.76. The molecule has 0 N–H and O–H groups in total. The molecule has 0 unspecified atom stereocenters. The third-order valence-electron chi connectivity index (χ3n) is 2.37. The first-order valence-electron chi connectivity index (χ1n) is 4.86. The fourth-order valence-corrected chi connectivity index (χ4v) is 1.26. The van der Waals surface area contributed by atoms with E-state index in [4.69, 9.17) is 0 Å². The maximum atomic E-state index is 11.0. The van der Waals surface area contributed by atoms with Crippen LogP contribution in [0.2, 0.25) is 0 Å². The van der Waals surface area contributed by atoms with E-state index in [1.165, 1.54) is 13.0 Å². The van der Waals surface area contributed by atoms with Crippen molar-refractivity contribution >= 4 is 17.5 Å². The molecule has 0 heterocycles. The summed E-state index contributed by atoms with van der Waals surface area (Å²) >= 11 is 0. The molecular formula is C12H13NO3. The van der Waals surface area contributed by atoms with Gasteiger partial charge in [-0.1, -0.05) is 12.1 Å². The van der Waals surface area contributed by atoms with Crippen molar-refractivity contribution in [2.24, 2.45) is 0 Å². The molecule has 0 aromatic heterocycles. The number of benzene rings is 1. The van der Waals surface area contributed by atoms with Gasteiger partial charge in [0.25, 0.3) is 5.69 Å². The molecule has 1 aromatic rings. The smallest absolute Gasteiger partial charge is 0.272 e. The van der Waals surface area contributed by atoms with Crippen molar-refractivity contribution in [2.45, 2.75) is 20.8 Å². The highest BCUT2D eigenvalue weighted by Crippen LogP contribution is 2.20. The van der Waals surface area contributed by atoms with E-state index < -0.39 is 4.92 Å². The van der Waals surface area contributed by atoms with Gasteiger partial charge in [0.2, 0.25) is 0 Å². The van der Waals surface area contributed by atoms with E-state index in [1.54, 1.807) is 32.1 Å². The van der Waals surface area contributed by atoms with Crippen LogP contribution in [0.5, 0.6) is 0 Å². The number of rotatable bonds is 3. The van der Waals surface area contributed by atoms with Gasteiger partial charge in [-0.3, -0.25) is 14.9 Å². The van der Waals surface area contributed by atoms with Gasteiger partial charge in [0.05, 0.1) is 4.92 Å². The molecule has 4 nitrogen and oxygen atoms in total. The average molecular weight is 219 g/mol. The quantitative estimate of drug-likeness (QED) is 0.446. The minimum absolute atomic E-state index is 0.0387. The number of hydrogen-bond donors (Lipinski definition) is 0. The van der Waals surface area contributed by atoms with Gasteiger partial charge < -0.3 is 0 Å². The van der Waals surface area contributed by atoms with E-state index in [0.717, 1.165) is 0 Å². The summed E-state index contributed by atoms with van der Waals surface area (Å²) in [6, 6.07) is 4.91. The Morgan fingerprint density at radius 3 is 2.50 bits per heavy atom. The normalized spacial score (nSPS) is 11.3.